The van der Waals surface area contributed by atoms with Crippen LogP contribution in [0, 0.1) is 0 Å². The van der Waals surface area contributed by atoms with E-state index in [0.717, 1.165) is 25.6 Å². The Balaban J connectivity index is 0.00000392. The standard InChI is InChI=1S/C17H25ClF3N5O.HI/c1-2-26-7-3-5-13(26)11-25-16(22)23-6-4-8-27-15-14(18)9-12(10-24-15)17(19,20)21;/h9-10,13H,2-8,11H2,1H3,(H3,22,23,25);1H. The number of likely N-dealkylation sites (tertiary alicyclic amines) is 1. The summed E-state index contributed by atoms with van der Waals surface area (Å²) >= 11 is 5.78. The quantitative estimate of drug-likeness (QED) is 0.231. The van der Waals surface area contributed by atoms with Gasteiger partial charge in [-0.25, -0.2) is 4.98 Å². The summed E-state index contributed by atoms with van der Waals surface area (Å²) in [5.41, 5.74) is 4.95. The Morgan fingerprint density at radius 3 is 2.89 bits per heavy atom. The molecule has 1 aliphatic heterocycles. The fourth-order valence-electron chi connectivity index (χ4n) is 2.92. The van der Waals surface area contributed by atoms with Gasteiger partial charge in [-0.15, -0.1) is 24.0 Å². The van der Waals surface area contributed by atoms with Gasteiger partial charge in [-0.3, -0.25) is 9.89 Å². The van der Waals surface area contributed by atoms with Gasteiger partial charge in [0.2, 0.25) is 5.88 Å². The number of hydrogen-bond acceptors (Lipinski definition) is 4. The van der Waals surface area contributed by atoms with E-state index >= 15 is 0 Å². The van der Waals surface area contributed by atoms with Gasteiger partial charge in [-0.1, -0.05) is 18.5 Å². The van der Waals surface area contributed by atoms with Crippen molar-refractivity contribution in [3.05, 3.63) is 22.8 Å². The van der Waals surface area contributed by atoms with E-state index in [4.69, 9.17) is 22.1 Å². The summed E-state index contributed by atoms with van der Waals surface area (Å²) in [5, 5.41) is 2.83. The second kappa shape index (κ2) is 11.9. The average molecular weight is 536 g/mol. The van der Waals surface area contributed by atoms with E-state index < -0.39 is 11.7 Å². The maximum atomic E-state index is 12.6. The fraction of sp³-hybridized carbons (Fsp3) is 0.647. The van der Waals surface area contributed by atoms with Crippen LogP contribution in [0.1, 0.15) is 31.7 Å². The Hall–Kier alpha value is -1.01. The minimum absolute atomic E-state index is 0. The monoisotopic (exact) mass is 535 g/mol. The summed E-state index contributed by atoms with van der Waals surface area (Å²) < 4.78 is 43.0. The van der Waals surface area contributed by atoms with Gasteiger partial charge in [0.1, 0.15) is 5.02 Å². The van der Waals surface area contributed by atoms with Crippen LogP contribution in [0.5, 0.6) is 5.88 Å². The van der Waals surface area contributed by atoms with Crippen molar-refractivity contribution in [3.8, 4) is 5.88 Å². The number of rotatable bonds is 8. The van der Waals surface area contributed by atoms with Gasteiger partial charge in [0, 0.05) is 18.8 Å². The molecule has 1 unspecified atom stereocenters. The Kier molecular flexibility index (Phi) is 10.6. The predicted octanol–water partition coefficient (Wildman–Crippen LogP) is 3.53. The van der Waals surface area contributed by atoms with Crippen molar-refractivity contribution in [1.82, 2.24) is 15.2 Å². The van der Waals surface area contributed by atoms with E-state index in [2.05, 4.69) is 27.1 Å². The van der Waals surface area contributed by atoms with Crippen molar-refractivity contribution in [2.45, 2.75) is 38.4 Å². The highest BCUT2D eigenvalue weighted by molar-refractivity contribution is 14.0. The molecule has 1 fully saturated rings. The topological polar surface area (TPSA) is 75.8 Å². The zero-order chi connectivity index (χ0) is 19.9. The number of nitrogens with one attached hydrogen (secondary N) is 1. The van der Waals surface area contributed by atoms with Gasteiger partial charge in [0.25, 0.3) is 0 Å². The molecule has 1 aromatic heterocycles. The third kappa shape index (κ3) is 7.78. The van der Waals surface area contributed by atoms with Gasteiger partial charge in [0.05, 0.1) is 18.7 Å². The third-order valence-corrected chi connectivity index (χ3v) is 4.65. The number of halogens is 5. The Labute approximate surface area is 185 Å². The molecule has 0 spiro atoms. The molecule has 160 valence electrons. The highest BCUT2D eigenvalue weighted by Gasteiger charge is 2.31. The number of hydrogen-bond donors (Lipinski definition) is 2. The lowest BCUT2D eigenvalue weighted by molar-refractivity contribution is -0.137. The first-order valence-corrected chi connectivity index (χ1v) is 9.32. The van der Waals surface area contributed by atoms with Crippen molar-refractivity contribution in [2.75, 3.05) is 32.8 Å². The molecule has 1 saturated heterocycles. The normalized spacial score (nSPS) is 18.0. The molecule has 1 aliphatic rings. The van der Waals surface area contributed by atoms with Crippen molar-refractivity contribution >= 4 is 41.5 Å². The molecule has 0 saturated carbocycles. The molecule has 0 radical (unpaired) electrons. The molecule has 0 bridgehead atoms. The molecule has 11 heteroatoms. The molecular formula is C17H26ClF3IN5O. The summed E-state index contributed by atoms with van der Waals surface area (Å²) in [6, 6.07) is 1.25. The maximum Gasteiger partial charge on any atom is 0.417 e. The van der Waals surface area contributed by atoms with Crippen LogP contribution < -0.4 is 15.8 Å². The van der Waals surface area contributed by atoms with Crippen LogP contribution in [0.3, 0.4) is 0 Å². The van der Waals surface area contributed by atoms with E-state index in [1.54, 1.807) is 0 Å². The average Bonchev–Trinajstić information content (AvgIpc) is 3.07. The smallest absolute Gasteiger partial charge is 0.417 e. The maximum absolute atomic E-state index is 12.6. The lowest BCUT2D eigenvalue weighted by Gasteiger charge is -2.20. The number of alkyl halides is 3. The summed E-state index contributed by atoms with van der Waals surface area (Å²) in [7, 11) is 0. The molecule has 0 amide bonds. The Morgan fingerprint density at radius 2 is 2.25 bits per heavy atom. The summed E-state index contributed by atoms with van der Waals surface area (Å²) in [6.07, 6.45) is -0.881. The van der Waals surface area contributed by atoms with Gasteiger partial charge in [-0.05, 0) is 38.4 Å². The number of ether oxygens (including phenoxy) is 1. The lowest BCUT2D eigenvalue weighted by Crippen LogP contribution is -2.36. The minimum Gasteiger partial charge on any atom is -0.477 e. The second-order valence-corrected chi connectivity index (χ2v) is 6.70. The van der Waals surface area contributed by atoms with Crippen LogP contribution in [0.2, 0.25) is 5.02 Å². The number of aromatic nitrogens is 1. The number of pyridine rings is 1. The summed E-state index contributed by atoms with van der Waals surface area (Å²) in [6.45, 7) is 5.71. The first-order valence-electron chi connectivity index (χ1n) is 8.94. The van der Waals surface area contributed by atoms with E-state index in [-0.39, 0.29) is 41.5 Å². The minimum atomic E-state index is -4.48. The number of guanidine groups is 1. The van der Waals surface area contributed by atoms with Crippen molar-refractivity contribution in [1.29, 1.82) is 0 Å². The van der Waals surface area contributed by atoms with E-state index in [0.29, 0.717) is 37.7 Å². The van der Waals surface area contributed by atoms with Crippen LogP contribution in [-0.2, 0) is 6.18 Å². The highest BCUT2D eigenvalue weighted by Crippen LogP contribution is 2.33. The molecule has 28 heavy (non-hydrogen) atoms. The fourth-order valence-corrected chi connectivity index (χ4v) is 3.14. The van der Waals surface area contributed by atoms with Crippen molar-refractivity contribution < 1.29 is 17.9 Å². The highest BCUT2D eigenvalue weighted by atomic mass is 127. The second-order valence-electron chi connectivity index (χ2n) is 6.29. The first-order chi connectivity index (χ1) is 12.8. The van der Waals surface area contributed by atoms with Gasteiger partial charge < -0.3 is 15.8 Å². The van der Waals surface area contributed by atoms with E-state index in [9.17, 15) is 13.2 Å². The van der Waals surface area contributed by atoms with Crippen LogP contribution in [0.25, 0.3) is 0 Å². The number of likely N-dealkylation sites (N-methyl/N-ethyl adjacent to an activating group) is 1. The molecule has 3 N–H and O–H groups in total. The molecule has 2 rings (SSSR count). The number of nitrogens with two attached hydrogens (primary N) is 1. The van der Waals surface area contributed by atoms with Crippen molar-refractivity contribution in [3.63, 3.8) is 0 Å². The molecular weight excluding hydrogens is 510 g/mol. The lowest BCUT2D eigenvalue weighted by atomic mass is 10.2. The first kappa shape index (κ1) is 25.0. The summed E-state index contributed by atoms with van der Waals surface area (Å²) in [4.78, 5) is 10.4. The molecule has 6 nitrogen and oxygen atoms in total. The van der Waals surface area contributed by atoms with Gasteiger partial charge in [-0.2, -0.15) is 13.2 Å². The van der Waals surface area contributed by atoms with Crippen LogP contribution >= 0.6 is 35.6 Å². The van der Waals surface area contributed by atoms with E-state index in [1.165, 1.54) is 6.42 Å². The van der Waals surface area contributed by atoms with Crippen LogP contribution in [0.15, 0.2) is 17.3 Å². The number of nitrogens with zero attached hydrogens (tertiary/aromatic N) is 3. The SMILES string of the molecule is CCN1CCCC1CN=C(N)NCCCOc1ncc(C(F)(F)F)cc1Cl.I. The third-order valence-electron chi connectivity index (χ3n) is 4.38. The predicted molar refractivity (Wildman–Crippen MR) is 115 cm³/mol. The molecule has 0 aromatic carbocycles. The zero-order valence-corrected chi connectivity index (χ0v) is 18.7. The van der Waals surface area contributed by atoms with E-state index in [1.807, 2.05) is 0 Å². The summed E-state index contributed by atoms with van der Waals surface area (Å²) in [5.74, 6) is 0.357. The van der Waals surface area contributed by atoms with Crippen molar-refractivity contribution in [2.24, 2.45) is 10.7 Å². The molecule has 2 heterocycles. The van der Waals surface area contributed by atoms with Crippen LogP contribution in [0.4, 0.5) is 13.2 Å². The zero-order valence-electron chi connectivity index (χ0n) is 15.6. The molecule has 0 aliphatic carbocycles. The molecule has 1 atom stereocenters. The largest absolute Gasteiger partial charge is 0.477 e. The van der Waals surface area contributed by atoms with Gasteiger partial charge >= 0.3 is 6.18 Å². The molecule has 1 aromatic rings. The van der Waals surface area contributed by atoms with Gasteiger partial charge in [0.15, 0.2) is 5.96 Å². The Bertz CT molecular complexity index is 648. The Morgan fingerprint density at radius 1 is 1.50 bits per heavy atom. The van der Waals surface area contributed by atoms with Crippen LogP contribution in [-0.4, -0.2) is 54.7 Å². The number of aliphatic imine (C=N–C) groups is 1.